The van der Waals surface area contributed by atoms with Crippen molar-refractivity contribution in [3.05, 3.63) is 65.2 Å². The fraction of sp³-hybridized carbons (Fsp3) is 0.368. The van der Waals surface area contributed by atoms with Crippen LogP contribution in [-0.4, -0.2) is 6.61 Å². The van der Waals surface area contributed by atoms with Crippen LogP contribution in [0.4, 0.5) is 0 Å². The molecule has 4 rings (SSSR count). The van der Waals surface area contributed by atoms with Crippen molar-refractivity contribution in [3.8, 4) is 5.75 Å². The molecule has 0 saturated carbocycles. The summed E-state index contributed by atoms with van der Waals surface area (Å²) in [5, 5.41) is 0. The lowest BCUT2D eigenvalue weighted by Crippen LogP contribution is -2.19. The lowest BCUT2D eigenvalue weighted by Gasteiger charge is -2.31. The molecule has 0 bridgehead atoms. The van der Waals surface area contributed by atoms with Gasteiger partial charge in [0.2, 0.25) is 0 Å². The standard InChI is InChI=1S/C19H19BrO/c20-19-14(10-9-13-5-1-2-7-17(13)19)11-15-12-21-18-8-4-3-6-16(15)18/h1-8,14-15,19H,9-12H2. The Morgan fingerprint density at radius 1 is 1.00 bits per heavy atom. The molecular formula is C19H19BrO. The molecule has 0 spiro atoms. The van der Waals surface area contributed by atoms with E-state index in [0.717, 1.165) is 12.4 Å². The van der Waals surface area contributed by atoms with Crippen molar-refractivity contribution < 1.29 is 4.74 Å². The van der Waals surface area contributed by atoms with Gasteiger partial charge in [-0.2, -0.15) is 0 Å². The largest absolute Gasteiger partial charge is 0.493 e. The Bertz CT molecular complexity index is 652. The minimum atomic E-state index is 0.482. The molecule has 0 N–H and O–H groups in total. The van der Waals surface area contributed by atoms with Crippen molar-refractivity contribution in [3.63, 3.8) is 0 Å². The van der Waals surface area contributed by atoms with Crippen LogP contribution in [0.15, 0.2) is 48.5 Å². The number of aryl methyl sites for hydroxylation is 1. The van der Waals surface area contributed by atoms with E-state index in [0.29, 0.717) is 16.7 Å². The van der Waals surface area contributed by atoms with Crippen molar-refractivity contribution in [1.82, 2.24) is 0 Å². The van der Waals surface area contributed by atoms with Gasteiger partial charge >= 0.3 is 0 Å². The van der Waals surface area contributed by atoms with Gasteiger partial charge in [-0.25, -0.2) is 0 Å². The Balaban J connectivity index is 1.55. The molecule has 1 aliphatic heterocycles. The van der Waals surface area contributed by atoms with Gasteiger partial charge in [-0.1, -0.05) is 58.4 Å². The first-order valence-corrected chi connectivity index (χ1v) is 8.68. The predicted molar refractivity (Wildman–Crippen MR) is 89.2 cm³/mol. The fourth-order valence-electron chi connectivity index (χ4n) is 3.80. The molecule has 3 atom stereocenters. The van der Waals surface area contributed by atoms with Crippen LogP contribution in [-0.2, 0) is 6.42 Å². The van der Waals surface area contributed by atoms with Crippen LogP contribution in [0.2, 0.25) is 0 Å². The maximum absolute atomic E-state index is 5.84. The number of fused-ring (bicyclic) bond motifs is 2. The second-order valence-electron chi connectivity index (χ2n) is 6.18. The van der Waals surface area contributed by atoms with Gasteiger partial charge < -0.3 is 4.74 Å². The summed E-state index contributed by atoms with van der Waals surface area (Å²) >= 11 is 3.96. The van der Waals surface area contributed by atoms with Gasteiger partial charge in [0, 0.05) is 16.3 Å². The minimum absolute atomic E-state index is 0.482. The average molecular weight is 343 g/mol. The van der Waals surface area contributed by atoms with E-state index in [1.54, 1.807) is 0 Å². The quantitative estimate of drug-likeness (QED) is 0.677. The van der Waals surface area contributed by atoms with Crippen LogP contribution >= 0.6 is 15.9 Å². The van der Waals surface area contributed by atoms with Crippen LogP contribution in [0.5, 0.6) is 5.75 Å². The SMILES string of the molecule is BrC1c2ccccc2CCC1CC1COc2ccccc21. The third-order valence-electron chi connectivity index (χ3n) is 4.94. The smallest absolute Gasteiger partial charge is 0.122 e. The van der Waals surface area contributed by atoms with Gasteiger partial charge in [0.15, 0.2) is 0 Å². The predicted octanol–water partition coefficient (Wildman–Crippen LogP) is 5.25. The van der Waals surface area contributed by atoms with E-state index >= 15 is 0 Å². The highest BCUT2D eigenvalue weighted by atomic mass is 79.9. The first-order valence-electron chi connectivity index (χ1n) is 7.76. The fourth-order valence-corrected chi connectivity index (χ4v) is 4.73. The molecule has 2 aliphatic rings. The maximum atomic E-state index is 5.84. The lowest BCUT2D eigenvalue weighted by atomic mass is 9.78. The van der Waals surface area contributed by atoms with Crippen LogP contribution in [0.1, 0.15) is 40.3 Å². The second kappa shape index (κ2) is 5.49. The second-order valence-corrected chi connectivity index (χ2v) is 7.17. The van der Waals surface area contributed by atoms with E-state index in [-0.39, 0.29) is 0 Å². The van der Waals surface area contributed by atoms with Crippen molar-refractivity contribution in [2.24, 2.45) is 5.92 Å². The highest BCUT2D eigenvalue weighted by Gasteiger charge is 2.32. The molecule has 2 aromatic carbocycles. The van der Waals surface area contributed by atoms with Crippen molar-refractivity contribution in [2.45, 2.75) is 30.0 Å². The van der Waals surface area contributed by atoms with E-state index in [2.05, 4.69) is 64.5 Å². The van der Waals surface area contributed by atoms with Gasteiger partial charge in [-0.3, -0.25) is 0 Å². The number of halogens is 1. The Hall–Kier alpha value is -1.28. The topological polar surface area (TPSA) is 9.23 Å². The molecule has 1 heterocycles. The average Bonchev–Trinajstić information content (AvgIpc) is 2.94. The first kappa shape index (κ1) is 13.4. The molecule has 0 radical (unpaired) electrons. The Labute approximate surface area is 134 Å². The summed E-state index contributed by atoms with van der Waals surface area (Å²) < 4.78 is 5.84. The molecule has 21 heavy (non-hydrogen) atoms. The number of alkyl halides is 1. The number of hydrogen-bond acceptors (Lipinski definition) is 1. The number of hydrogen-bond donors (Lipinski definition) is 0. The van der Waals surface area contributed by atoms with Crippen LogP contribution in [0.3, 0.4) is 0 Å². The summed E-state index contributed by atoms with van der Waals surface area (Å²) in [5.41, 5.74) is 4.40. The summed E-state index contributed by atoms with van der Waals surface area (Å²) in [6.45, 7) is 0.844. The molecule has 3 unspecified atom stereocenters. The minimum Gasteiger partial charge on any atom is -0.493 e. The molecule has 0 amide bonds. The molecule has 2 aromatic rings. The lowest BCUT2D eigenvalue weighted by molar-refractivity contribution is 0.296. The van der Waals surface area contributed by atoms with E-state index < -0.39 is 0 Å². The van der Waals surface area contributed by atoms with Gasteiger partial charge in [-0.05, 0) is 42.4 Å². The van der Waals surface area contributed by atoms with Crippen molar-refractivity contribution >= 4 is 15.9 Å². The molecule has 1 nitrogen and oxygen atoms in total. The summed E-state index contributed by atoms with van der Waals surface area (Å²) in [4.78, 5) is 0.482. The monoisotopic (exact) mass is 342 g/mol. The van der Waals surface area contributed by atoms with Gasteiger partial charge in [-0.15, -0.1) is 0 Å². The number of rotatable bonds is 2. The van der Waals surface area contributed by atoms with E-state index in [4.69, 9.17) is 4.74 Å². The molecular weight excluding hydrogens is 324 g/mol. The third kappa shape index (κ3) is 2.40. The number of ether oxygens (including phenoxy) is 1. The van der Waals surface area contributed by atoms with E-state index in [9.17, 15) is 0 Å². The van der Waals surface area contributed by atoms with Gasteiger partial charge in [0.05, 0.1) is 6.61 Å². The molecule has 0 saturated heterocycles. The van der Waals surface area contributed by atoms with Gasteiger partial charge in [0.25, 0.3) is 0 Å². The number of benzene rings is 2. The van der Waals surface area contributed by atoms with Crippen LogP contribution in [0.25, 0.3) is 0 Å². The first-order chi connectivity index (χ1) is 10.3. The van der Waals surface area contributed by atoms with Crippen molar-refractivity contribution in [2.75, 3.05) is 6.61 Å². The zero-order chi connectivity index (χ0) is 14.2. The number of para-hydroxylation sites is 1. The summed E-state index contributed by atoms with van der Waals surface area (Å²) in [6.07, 6.45) is 3.69. The zero-order valence-electron chi connectivity index (χ0n) is 12.0. The van der Waals surface area contributed by atoms with E-state index in [1.165, 1.54) is 36.0 Å². The molecule has 0 fully saturated rings. The summed E-state index contributed by atoms with van der Waals surface area (Å²) in [5.74, 6) is 2.33. The van der Waals surface area contributed by atoms with Crippen LogP contribution < -0.4 is 4.74 Å². The van der Waals surface area contributed by atoms with E-state index in [1.807, 2.05) is 0 Å². The molecule has 1 aliphatic carbocycles. The zero-order valence-corrected chi connectivity index (χ0v) is 13.6. The Morgan fingerprint density at radius 2 is 1.76 bits per heavy atom. The summed E-state index contributed by atoms with van der Waals surface area (Å²) in [7, 11) is 0. The van der Waals surface area contributed by atoms with Gasteiger partial charge in [0.1, 0.15) is 5.75 Å². The Kier molecular flexibility index (Phi) is 3.50. The molecule has 108 valence electrons. The van der Waals surface area contributed by atoms with Crippen molar-refractivity contribution in [1.29, 1.82) is 0 Å². The summed E-state index contributed by atoms with van der Waals surface area (Å²) in [6, 6.07) is 17.4. The van der Waals surface area contributed by atoms with Crippen LogP contribution in [0, 0.1) is 5.92 Å². The maximum Gasteiger partial charge on any atom is 0.122 e. The highest BCUT2D eigenvalue weighted by Crippen LogP contribution is 2.46. The normalized spacial score (nSPS) is 26.8. The highest BCUT2D eigenvalue weighted by molar-refractivity contribution is 9.09. The molecule has 0 aromatic heterocycles. The molecule has 2 heteroatoms. The Morgan fingerprint density at radius 3 is 2.67 bits per heavy atom. The third-order valence-corrected chi connectivity index (χ3v) is 6.18.